The number of carbonyl (C=O) groups is 1. The minimum atomic E-state index is -1.13. The second-order valence-electron chi connectivity index (χ2n) is 4.28. The van der Waals surface area contributed by atoms with E-state index in [2.05, 4.69) is 16.6 Å². The minimum Gasteiger partial charge on any atom is -0.497 e. The average Bonchev–Trinajstić information content (AvgIpc) is 2.55. The summed E-state index contributed by atoms with van der Waals surface area (Å²) in [5, 5.41) is 0. The van der Waals surface area contributed by atoms with Gasteiger partial charge in [-0.05, 0) is 36.4 Å². The van der Waals surface area contributed by atoms with Crippen molar-refractivity contribution < 1.29 is 23.0 Å². The van der Waals surface area contributed by atoms with Crippen LogP contribution in [0.3, 0.4) is 0 Å². The van der Waals surface area contributed by atoms with E-state index < -0.39 is 17.6 Å². The van der Waals surface area contributed by atoms with E-state index in [9.17, 15) is 13.6 Å². The van der Waals surface area contributed by atoms with Gasteiger partial charge in [-0.15, -0.1) is 0 Å². The second-order valence-corrected chi connectivity index (χ2v) is 4.28. The average molecular weight is 302 g/mol. The lowest BCUT2D eigenvalue weighted by Gasteiger charge is -2.03. The van der Waals surface area contributed by atoms with Crippen molar-refractivity contribution in [3.63, 3.8) is 0 Å². The zero-order chi connectivity index (χ0) is 16.1. The van der Waals surface area contributed by atoms with Crippen LogP contribution in [0.5, 0.6) is 5.75 Å². The van der Waals surface area contributed by atoms with Crippen LogP contribution >= 0.6 is 0 Å². The Morgan fingerprint density at radius 3 is 2.23 bits per heavy atom. The summed E-state index contributed by atoms with van der Waals surface area (Å²) >= 11 is 0. The number of halogens is 2. The third-order valence-electron chi connectivity index (χ3n) is 2.90. The van der Waals surface area contributed by atoms with E-state index in [1.807, 2.05) is 0 Å². The standard InChI is InChI=1S/C17H12F2O3/c1-21-13-7-4-11(5-8-13)3-6-12-9-15(18)16(19)10-14(12)17(20)22-2/h4-5,7-10H,1-2H3. The fourth-order valence-corrected chi connectivity index (χ4v) is 1.74. The Kier molecular flexibility index (Phi) is 4.74. The first-order valence-corrected chi connectivity index (χ1v) is 6.28. The van der Waals surface area contributed by atoms with Crippen LogP contribution in [0.25, 0.3) is 0 Å². The third kappa shape index (κ3) is 3.41. The van der Waals surface area contributed by atoms with Gasteiger partial charge in [0.25, 0.3) is 0 Å². The molecule has 3 nitrogen and oxygen atoms in total. The molecule has 0 saturated carbocycles. The lowest BCUT2D eigenvalue weighted by molar-refractivity contribution is 0.0599. The molecule has 0 amide bonds. The highest BCUT2D eigenvalue weighted by atomic mass is 19.2. The summed E-state index contributed by atoms with van der Waals surface area (Å²) in [6.07, 6.45) is 0. The van der Waals surface area contributed by atoms with Crippen LogP contribution in [0.4, 0.5) is 8.78 Å². The highest BCUT2D eigenvalue weighted by Gasteiger charge is 2.15. The Morgan fingerprint density at radius 2 is 1.64 bits per heavy atom. The van der Waals surface area contributed by atoms with Crippen LogP contribution in [0.1, 0.15) is 21.5 Å². The SMILES string of the molecule is COC(=O)c1cc(F)c(F)cc1C#Cc1ccc(OC)cc1. The Hall–Kier alpha value is -2.87. The lowest BCUT2D eigenvalue weighted by Crippen LogP contribution is -2.06. The first-order valence-electron chi connectivity index (χ1n) is 6.28. The predicted octanol–water partition coefficient (Wildman–Crippen LogP) is 3.16. The number of methoxy groups -OCH3 is 2. The molecule has 0 saturated heterocycles. The van der Waals surface area contributed by atoms with E-state index in [4.69, 9.17) is 4.74 Å². The van der Waals surface area contributed by atoms with E-state index in [1.165, 1.54) is 0 Å². The van der Waals surface area contributed by atoms with E-state index in [0.717, 1.165) is 19.2 Å². The van der Waals surface area contributed by atoms with Crippen molar-refractivity contribution in [2.75, 3.05) is 14.2 Å². The first kappa shape index (κ1) is 15.5. The van der Waals surface area contributed by atoms with Crippen LogP contribution in [0.2, 0.25) is 0 Å². The molecule has 2 rings (SSSR count). The highest BCUT2D eigenvalue weighted by Crippen LogP contribution is 2.16. The van der Waals surface area contributed by atoms with Gasteiger partial charge in [-0.3, -0.25) is 0 Å². The summed E-state index contributed by atoms with van der Waals surface area (Å²) in [6.45, 7) is 0. The molecule has 22 heavy (non-hydrogen) atoms. The molecule has 0 aliphatic rings. The normalized spacial score (nSPS) is 9.64. The predicted molar refractivity (Wildman–Crippen MR) is 76.7 cm³/mol. The molecule has 0 radical (unpaired) electrons. The van der Waals surface area contributed by atoms with Crippen molar-refractivity contribution in [2.24, 2.45) is 0 Å². The van der Waals surface area contributed by atoms with Gasteiger partial charge in [0.15, 0.2) is 11.6 Å². The molecule has 0 N–H and O–H groups in total. The summed E-state index contributed by atoms with van der Waals surface area (Å²) in [5.74, 6) is 3.12. The summed E-state index contributed by atoms with van der Waals surface area (Å²) in [7, 11) is 2.70. The number of ether oxygens (including phenoxy) is 2. The van der Waals surface area contributed by atoms with Gasteiger partial charge in [0.1, 0.15) is 5.75 Å². The smallest absolute Gasteiger partial charge is 0.339 e. The first-order chi connectivity index (χ1) is 10.5. The zero-order valence-electron chi connectivity index (χ0n) is 11.9. The molecule has 0 fully saturated rings. The van der Waals surface area contributed by atoms with Gasteiger partial charge >= 0.3 is 5.97 Å². The summed E-state index contributed by atoms with van der Waals surface area (Å²) in [5.41, 5.74) is 0.574. The van der Waals surface area contributed by atoms with E-state index in [0.29, 0.717) is 11.3 Å². The van der Waals surface area contributed by atoms with Gasteiger partial charge in [0.05, 0.1) is 19.8 Å². The maximum absolute atomic E-state index is 13.3. The van der Waals surface area contributed by atoms with Gasteiger partial charge in [0.2, 0.25) is 0 Å². The molecular formula is C17H12F2O3. The fraction of sp³-hybridized carbons (Fsp3) is 0.118. The monoisotopic (exact) mass is 302 g/mol. The molecule has 0 aliphatic heterocycles. The van der Waals surface area contributed by atoms with Crippen molar-refractivity contribution in [3.05, 3.63) is 64.7 Å². The van der Waals surface area contributed by atoms with Crippen molar-refractivity contribution in [1.82, 2.24) is 0 Å². The largest absolute Gasteiger partial charge is 0.497 e. The van der Waals surface area contributed by atoms with E-state index in [-0.39, 0.29) is 11.1 Å². The molecule has 112 valence electrons. The van der Waals surface area contributed by atoms with Gasteiger partial charge in [-0.1, -0.05) is 11.8 Å². The summed E-state index contributed by atoms with van der Waals surface area (Å²) in [4.78, 5) is 11.6. The fourth-order valence-electron chi connectivity index (χ4n) is 1.74. The molecule has 2 aromatic rings. The van der Waals surface area contributed by atoms with Crippen LogP contribution in [-0.4, -0.2) is 20.2 Å². The second kappa shape index (κ2) is 6.72. The molecule has 0 unspecified atom stereocenters. The van der Waals surface area contributed by atoms with Gasteiger partial charge in [-0.25, -0.2) is 13.6 Å². The summed E-state index contributed by atoms with van der Waals surface area (Å²) in [6, 6.07) is 8.51. The minimum absolute atomic E-state index is 0.0570. The van der Waals surface area contributed by atoms with Crippen LogP contribution < -0.4 is 4.74 Å². The van der Waals surface area contributed by atoms with Crippen molar-refractivity contribution in [2.45, 2.75) is 0 Å². The zero-order valence-corrected chi connectivity index (χ0v) is 11.9. The summed E-state index contributed by atoms with van der Waals surface area (Å²) < 4.78 is 36.2. The number of hydrogen-bond acceptors (Lipinski definition) is 3. The Bertz CT molecular complexity index is 756. The highest BCUT2D eigenvalue weighted by molar-refractivity contribution is 5.92. The molecule has 0 aromatic heterocycles. The van der Waals surface area contributed by atoms with Crippen LogP contribution in [0, 0.1) is 23.5 Å². The maximum Gasteiger partial charge on any atom is 0.339 e. The molecule has 0 atom stereocenters. The van der Waals surface area contributed by atoms with E-state index in [1.54, 1.807) is 31.4 Å². The molecule has 0 aliphatic carbocycles. The number of hydrogen-bond donors (Lipinski definition) is 0. The van der Waals surface area contributed by atoms with Gasteiger partial charge < -0.3 is 9.47 Å². The van der Waals surface area contributed by atoms with Crippen LogP contribution in [0.15, 0.2) is 36.4 Å². The molecule has 5 heteroatoms. The number of benzene rings is 2. The molecule has 0 heterocycles. The van der Waals surface area contributed by atoms with Crippen molar-refractivity contribution >= 4 is 5.97 Å². The molecule has 2 aromatic carbocycles. The number of carbonyl (C=O) groups excluding carboxylic acids is 1. The Balaban J connectivity index is 2.42. The maximum atomic E-state index is 13.3. The van der Waals surface area contributed by atoms with Crippen LogP contribution in [-0.2, 0) is 4.74 Å². The van der Waals surface area contributed by atoms with Gasteiger partial charge in [0, 0.05) is 11.1 Å². The Labute approximate surface area is 126 Å². The third-order valence-corrected chi connectivity index (χ3v) is 2.90. The number of esters is 1. The molecule has 0 spiro atoms. The number of rotatable bonds is 2. The molecular weight excluding hydrogens is 290 g/mol. The quantitative estimate of drug-likeness (QED) is 0.631. The van der Waals surface area contributed by atoms with Crippen molar-refractivity contribution in [3.8, 4) is 17.6 Å². The lowest BCUT2D eigenvalue weighted by atomic mass is 10.1. The van der Waals surface area contributed by atoms with Gasteiger partial charge in [-0.2, -0.15) is 0 Å². The molecule has 0 bridgehead atoms. The Morgan fingerprint density at radius 1 is 1.00 bits per heavy atom. The van der Waals surface area contributed by atoms with E-state index >= 15 is 0 Å². The van der Waals surface area contributed by atoms with Crippen molar-refractivity contribution in [1.29, 1.82) is 0 Å². The topological polar surface area (TPSA) is 35.5 Å².